The number of aliphatic hydroxyl groups is 1. The van der Waals surface area contributed by atoms with E-state index in [0.29, 0.717) is 5.75 Å². The number of para-hydroxylation sites is 1. The van der Waals surface area contributed by atoms with Gasteiger partial charge in [-0.25, -0.2) is 4.79 Å². The molecule has 0 spiro atoms. The van der Waals surface area contributed by atoms with Crippen molar-refractivity contribution in [3.8, 4) is 11.5 Å². The number of nitrogens with zero attached hydrogens (tertiary/aromatic N) is 1. The molecule has 4 N–H and O–H groups in total. The normalized spacial score (nSPS) is 12.1. The zero-order valence-corrected chi connectivity index (χ0v) is 17.7. The zero-order valence-electron chi connectivity index (χ0n) is 17.7. The molecule has 0 saturated heterocycles. The third kappa shape index (κ3) is 6.83. The fourth-order valence-corrected chi connectivity index (χ4v) is 2.71. The molecule has 0 aliphatic rings. The van der Waals surface area contributed by atoms with E-state index in [9.17, 15) is 20.0 Å². The van der Waals surface area contributed by atoms with Gasteiger partial charge in [0.1, 0.15) is 24.2 Å². The Hall–Kier alpha value is -3.37. The molecule has 0 unspecified atom stereocenters. The number of nitrogen functional groups attached to an aromatic ring is 1. The Morgan fingerprint density at radius 3 is 2.52 bits per heavy atom. The van der Waals surface area contributed by atoms with E-state index in [2.05, 4.69) is 10.1 Å². The fourth-order valence-electron chi connectivity index (χ4n) is 2.71. The molecule has 0 fully saturated rings. The second-order valence-corrected chi connectivity index (χ2v) is 7.31. The number of benzene rings is 2. The van der Waals surface area contributed by atoms with Crippen LogP contribution in [-0.4, -0.2) is 49.0 Å². The highest BCUT2D eigenvalue weighted by molar-refractivity contribution is 5.70. The lowest BCUT2D eigenvalue weighted by molar-refractivity contribution is -0.384. The SMILES string of the molecule is COC(=O)COc1ccc(C(C)(C)NC[C@H](O)COc2cccc([N+](=O)[O-])c2N)cc1. The molecule has 0 aliphatic carbocycles. The Kier molecular flexibility index (Phi) is 8.17. The number of nitro benzene ring substituents is 1. The molecule has 0 saturated carbocycles. The van der Waals surface area contributed by atoms with Gasteiger partial charge in [-0.15, -0.1) is 0 Å². The van der Waals surface area contributed by atoms with Crippen LogP contribution in [0, 0.1) is 10.1 Å². The predicted molar refractivity (Wildman–Crippen MR) is 114 cm³/mol. The molecule has 0 aromatic heterocycles. The number of aliphatic hydroxyl groups excluding tert-OH is 1. The molecule has 0 bridgehead atoms. The van der Waals surface area contributed by atoms with Crippen molar-refractivity contribution >= 4 is 17.3 Å². The maximum absolute atomic E-state index is 11.1. The summed E-state index contributed by atoms with van der Waals surface area (Å²) in [7, 11) is 1.29. The maximum atomic E-state index is 11.1. The molecule has 31 heavy (non-hydrogen) atoms. The first kappa shape index (κ1) is 23.9. The predicted octanol–water partition coefficient (Wildman–Crippen LogP) is 1.99. The summed E-state index contributed by atoms with van der Waals surface area (Å²) < 4.78 is 15.3. The second kappa shape index (κ2) is 10.6. The number of nitro groups is 1. The third-order valence-electron chi connectivity index (χ3n) is 4.61. The van der Waals surface area contributed by atoms with E-state index in [-0.39, 0.29) is 36.9 Å². The summed E-state index contributed by atoms with van der Waals surface area (Å²) in [5, 5.41) is 24.4. The highest BCUT2D eigenvalue weighted by atomic mass is 16.6. The number of anilines is 1. The van der Waals surface area contributed by atoms with Gasteiger partial charge in [0.15, 0.2) is 12.3 Å². The topological polar surface area (TPSA) is 146 Å². The minimum Gasteiger partial charge on any atom is -0.488 e. The molecule has 0 amide bonds. The minimum absolute atomic E-state index is 0.0810. The standard InChI is InChI=1S/C21H27N3O7/c1-21(2,14-7-9-16(10-8-14)30-13-19(26)29-3)23-11-15(25)12-31-18-6-4-5-17(20(18)22)24(27)28/h4-10,15,23,25H,11-13,22H2,1-3H3/t15-/m0/s1. The van der Waals surface area contributed by atoms with E-state index in [1.165, 1.54) is 25.3 Å². The highest BCUT2D eigenvalue weighted by Crippen LogP contribution is 2.31. The largest absolute Gasteiger partial charge is 0.488 e. The summed E-state index contributed by atoms with van der Waals surface area (Å²) in [6.07, 6.45) is -0.874. The van der Waals surface area contributed by atoms with E-state index < -0.39 is 22.5 Å². The van der Waals surface area contributed by atoms with Crippen molar-refractivity contribution in [3.63, 3.8) is 0 Å². The third-order valence-corrected chi connectivity index (χ3v) is 4.61. The van der Waals surface area contributed by atoms with Crippen LogP contribution < -0.4 is 20.5 Å². The molecule has 10 nitrogen and oxygen atoms in total. The first-order chi connectivity index (χ1) is 14.6. The Bertz CT molecular complexity index is 900. The van der Waals surface area contributed by atoms with Crippen molar-refractivity contribution < 1.29 is 29.0 Å². The van der Waals surface area contributed by atoms with Gasteiger partial charge in [0.2, 0.25) is 0 Å². The fraction of sp³-hybridized carbons (Fsp3) is 0.381. The number of ether oxygens (including phenoxy) is 3. The number of hydrogen-bond donors (Lipinski definition) is 3. The Balaban J connectivity index is 1.88. The van der Waals surface area contributed by atoms with Gasteiger partial charge in [-0.3, -0.25) is 10.1 Å². The van der Waals surface area contributed by atoms with Crippen LogP contribution in [-0.2, 0) is 15.1 Å². The van der Waals surface area contributed by atoms with Gasteiger partial charge < -0.3 is 30.4 Å². The Morgan fingerprint density at radius 2 is 1.90 bits per heavy atom. The monoisotopic (exact) mass is 433 g/mol. The summed E-state index contributed by atoms with van der Waals surface area (Å²) in [6, 6.07) is 11.5. The van der Waals surface area contributed by atoms with E-state index in [1.54, 1.807) is 12.1 Å². The number of rotatable bonds is 11. The number of hydrogen-bond acceptors (Lipinski definition) is 9. The summed E-state index contributed by atoms with van der Waals surface area (Å²) in [5.41, 5.74) is 5.88. The molecule has 1 atom stereocenters. The molecule has 2 aromatic rings. The van der Waals surface area contributed by atoms with Gasteiger partial charge in [0.25, 0.3) is 5.69 Å². The summed E-state index contributed by atoms with van der Waals surface area (Å²) in [4.78, 5) is 21.5. The molecule has 10 heteroatoms. The molecule has 0 radical (unpaired) electrons. The lowest BCUT2D eigenvalue weighted by Crippen LogP contribution is -2.42. The van der Waals surface area contributed by atoms with Crippen molar-refractivity contribution in [2.45, 2.75) is 25.5 Å². The molecular formula is C21H27N3O7. The van der Waals surface area contributed by atoms with Crippen molar-refractivity contribution in [3.05, 3.63) is 58.1 Å². The lowest BCUT2D eigenvalue weighted by Gasteiger charge is -2.28. The second-order valence-electron chi connectivity index (χ2n) is 7.31. The number of methoxy groups -OCH3 is 1. The van der Waals surface area contributed by atoms with Gasteiger partial charge in [0.05, 0.1) is 12.0 Å². The van der Waals surface area contributed by atoms with Crippen LogP contribution >= 0.6 is 0 Å². The van der Waals surface area contributed by atoms with E-state index in [4.69, 9.17) is 15.2 Å². The van der Waals surface area contributed by atoms with E-state index in [1.807, 2.05) is 26.0 Å². The van der Waals surface area contributed by atoms with Crippen LogP contribution in [0.2, 0.25) is 0 Å². The van der Waals surface area contributed by atoms with Gasteiger partial charge in [-0.1, -0.05) is 18.2 Å². The summed E-state index contributed by atoms with van der Waals surface area (Å²) in [6.45, 7) is 3.85. The summed E-state index contributed by atoms with van der Waals surface area (Å²) in [5.74, 6) is 0.220. The lowest BCUT2D eigenvalue weighted by atomic mass is 9.94. The van der Waals surface area contributed by atoms with Crippen LogP contribution in [0.5, 0.6) is 11.5 Å². The summed E-state index contributed by atoms with van der Waals surface area (Å²) >= 11 is 0. The van der Waals surface area contributed by atoms with Crippen LogP contribution in [0.1, 0.15) is 19.4 Å². The smallest absolute Gasteiger partial charge is 0.343 e. The number of carbonyl (C=O) groups excluding carboxylic acids is 1. The average Bonchev–Trinajstić information content (AvgIpc) is 2.75. The molecule has 0 aliphatic heterocycles. The van der Waals surface area contributed by atoms with E-state index in [0.717, 1.165) is 5.56 Å². The average molecular weight is 433 g/mol. The first-order valence-corrected chi connectivity index (χ1v) is 9.53. The van der Waals surface area contributed by atoms with Gasteiger partial charge in [-0.2, -0.15) is 0 Å². The van der Waals surface area contributed by atoms with Gasteiger partial charge >= 0.3 is 5.97 Å². The molecule has 168 valence electrons. The quantitative estimate of drug-likeness (QED) is 0.209. The van der Waals surface area contributed by atoms with Gasteiger partial charge in [-0.05, 0) is 37.6 Å². The Labute approximate surface area is 180 Å². The van der Waals surface area contributed by atoms with Crippen LogP contribution in [0.25, 0.3) is 0 Å². The van der Waals surface area contributed by atoms with Gasteiger partial charge in [0, 0.05) is 18.2 Å². The zero-order chi connectivity index (χ0) is 23.0. The van der Waals surface area contributed by atoms with Crippen molar-refractivity contribution in [1.82, 2.24) is 5.32 Å². The van der Waals surface area contributed by atoms with Crippen LogP contribution in [0.4, 0.5) is 11.4 Å². The Morgan fingerprint density at radius 1 is 1.23 bits per heavy atom. The van der Waals surface area contributed by atoms with Crippen molar-refractivity contribution in [2.75, 3.05) is 32.6 Å². The minimum atomic E-state index is -0.874. The van der Waals surface area contributed by atoms with E-state index >= 15 is 0 Å². The molecule has 2 aromatic carbocycles. The van der Waals surface area contributed by atoms with Crippen LogP contribution in [0.3, 0.4) is 0 Å². The van der Waals surface area contributed by atoms with Crippen molar-refractivity contribution in [1.29, 1.82) is 0 Å². The van der Waals surface area contributed by atoms with Crippen molar-refractivity contribution in [2.24, 2.45) is 0 Å². The van der Waals surface area contributed by atoms with Crippen LogP contribution in [0.15, 0.2) is 42.5 Å². The molecule has 0 heterocycles. The number of esters is 1. The molecular weight excluding hydrogens is 406 g/mol. The number of carbonyl (C=O) groups is 1. The highest BCUT2D eigenvalue weighted by Gasteiger charge is 2.22. The maximum Gasteiger partial charge on any atom is 0.343 e. The number of nitrogens with one attached hydrogen (secondary N) is 1. The molecule has 2 rings (SSSR count). The first-order valence-electron chi connectivity index (χ1n) is 9.53. The number of nitrogens with two attached hydrogens (primary N) is 1.